The Hall–Kier alpha value is -0.850. The van der Waals surface area contributed by atoms with Gasteiger partial charge in [0.25, 0.3) is 0 Å². The van der Waals surface area contributed by atoms with Crippen molar-refractivity contribution in [2.45, 2.75) is 6.92 Å². The van der Waals surface area contributed by atoms with Gasteiger partial charge in [-0.25, -0.2) is 0 Å². The highest BCUT2D eigenvalue weighted by atomic mass is 14.7. The largest absolute Gasteiger partial charge is 0.265 e. The smallest absolute Gasteiger partial charge is 0.0547 e. The van der Waals surface area contributed by atoms with Gasteiger partial charge in [-0.15, -0.1) is 0 Å². The molecule has 0 aliphatic carbocycles. The summed E-state index contributed by atoms with van der Waals surface area (Å²) in [7, 11) is 0. The molecule has 0 saturated heterocycles. The van der Waals surface area contributed by atoms with Crippen LogP contribution in [0.25, 0.3) is 0 Å². The van der Waals surface area contributed by atoms with E-state index in [4.69, 9.17) is 0 Å². The fourth-order valence-electron chi connectivity index (χ4n) is 0.245. The normalized spacial score (nSPS) is 9.29. The molecule has 0 aromatic carbocycles. The Balaban J connectivity index is 3.58. The summed E-state index contributed by atoms with van der Waals surface area (Å²) in [6.45, 7) is 8.74. The molecule has 0 amide bonds. The van der Waals surface area contributed by atoms with Crippen LogP contribution in [0.1, 0.15) is 6.92 Å². The average molecular weight is 95.1 g/mol. The van der Waals surface area contributed by atoms with Gasteiger partial charge in [-0.05, 0) is 19.7 Å². The van der Waals surface area contributed by atoms with Crippen LogP contribution in [0.3, 0.4) is 0 Å². The second kappa shape index (κ2) is 3.34. The maximum Gasteiger partial charge on any atom is 0.0547 e. The first-order chi connectivity index (χ1) is 3.31. The molecular weight excluding hydrogens is 86.1 g/mol. The van der Waals surface area contributed by atoms with E-state index in [-0.39, 0.29) is 0 Å². The van der Waals surface area contributed by atoms with Crippen LogP contribution in [0.5, 0.6) is 0 Å². The van der Waals surface area contributed by atoms with Gasteiger partial charge in [0.05, 0.1) is 5.70 Å². The molecule has 1 nitrogen and oxygen atoms in total. The summed E-state index contributed by atoms with van der Waals surface area (Å²) in [4.78, 5) is 3.55. The lowest BCUT2D eigenvalue weighted by Crippen LogP contribution is -1.60. The number of hydrogen-bond donors (Lipinski definition) is 0. The van der Waals surface area contributed by atoms with Gasteiger partial charge < -0.3 is 0 Å². The van der Waals surface area contributed by atoms with Gasteiger partial charge in [0.15, 0.2) is 0 Å². The van der Waals surface area contributed by atoms with Gasteiger partial charge in [-0.1, -0.05) is 12.7 Å². The van der Waals surface area contributed by atoms with Crippen LogP contribution >= 0.6 is 0 Å². The Kier molecular flexibility index (Phi) is 2.94. The molecule has 0 rings (SSSR count). The van der Waals surface area contributed by atoms with Gasteiger partial charge in [0.1, 0.15) is 0 Å². The predicted octanol–water partition coefficient (Wildman–Crippen LogP) is 1.78. The minimum Gasteiger partial charge on any atom is -0.265 e. The van der Waals surface area contributed by atoms with Crippen LogP contribution in [0.15, 0.2) is 29.4 Å². The molecule has 0 aromatic rings. The number of aliphatic imine (C=N–C) groups is 1. The van der Waals surface area contributed by atoms with Gasteiger partial charge in [0.2, 0.25) is 0 Å². The molecule has 0 aliphatic rings. The molecular formula is C6H9N. The topological polar surface area (TPSA) is 12.4 Å². The molecule has 0 spiro atoms. The first-order valence-electron chi connectivity index (χ1n) is 2.09. The van der Waals surface area contributed by atoms with E-state index < -0.39 is 0 Å². The van der Waals surface area contributed by atoms with Gasteiger partial charge >= 0.3 is 0 Å². The zero-order chi connectivity index (χ0) is 5.70. The van der Waals surface area contributed by atoms with Crippen LogP contribution in [0, 0.1) is 0 Å². The zero-order valence-electron chi connectivity index (χ0n) is 4.52. The Labute approximate surface area is 44.1 Å². The maximum atomic E-state index is 3.55. The average Bonchev–Trinajstić information content (AvgIpc) is 1.68. The molecule has 0 atom stereocenters. The summed E-state index contributed by atoms with van der Waals surface area (Å²) in [6, 6.07) is 0. The summed E-state index contributed by atoms with van der Waals surface area (Å²) in [6.07, 6.45) is 3.67. The second-order valence-corrected chi connectivity index (χ2v) is 1.15. The molecule has 1 heteroatoms. The van der Waals surface area contributed by atoms with E-state index in [9.17, 15) is 0 Å². The summed E-state index contributed by atoms with van der Waals surface area (Å²) in [5, 5.41) is 0. The fourth-order valence-corrected chi connectivity index (χ4v) is 0.245. The number of hydrogen-bond acceptors (Lipinski definition) is 1. The highest BCUT2D eigenvalue weighted by Crippen LogP contribution is 1.89. The van der Waals surface area contributed by atoms with Gasteiger partial charge in [-0.2, -0.15) is 0 Å². The predicted molar refractivity (Wildman–Crippen MR) is 33.5 cm³/mol. The Morgan fingerprint density at radius 3 is 2.43 bits per heavy atom. The fraction of sp³-hybridized carbons (Fsp3) is 0.167. The van der Waals surface area contributed by atoms with Crippen LogP contribution in [-0.2, 0) is 0 Å². The van der Waals surface area contributed by atoms with Crippen LogP contribution in [0.4, 0.5) is 0 Å². The Morgan fingerprint density at radius 1 is 1.71 bits per heavy atom. The van der Waals surface area contributed by atoms with E-state index in [1.807, 2.05) is 13.0 Å². The third kappa shape index (κ3) is 2.97. The third-order valence-electron chi connectivity index (χ3n) is 0.562. The minimum absolute atomic E-state index is 0.711. The van der Waals surface area contributed by atoms with Crippen molar-refractivity contribution < 1.29 is 0 Å². The summed E-state index contributed by atoms with van der Waals surface area (Å²) >= 11 is 0. The molecule has 38 valence electrons. The van der Waals surface area contributed by atoms with Crippen LogP contribution in [0.2, 0.25) is 0 Å². The molecule has 0 aromatic heterocycles. The molecule has 0 heterocycles. The Bertz CT molecular complexity index is 101. The highest BCUT2D eigenvalue weighted by Gasteiger charge is 1.70. The molecule has 0 N–H and O–H groups in total. The molecule has 0 bridgehead atoms. The van der Waals surface area contributed by atoms with Crippen molar-refractivity contribution in [3.05, 3.63) is 24.4 Å². The summed E-state index contributed by atoms with van der Waals surface area (Å²) in [5.41, 5.74) is 0.711. The SMILES string of the molecule is C=NC(=C)C=CC. The monoisotopic (exact) mass is 95.1 g/mol. The Morgan fingerprint density at radius 2 is 2.29 bits per heavy atom. The zero-order valence-corrected chi connectivity index (χ0v) is 4.52. The third-order valence-corrected chi connectivity index (χ3v) is 0.562. The van der Waals surface area contributed by atoms with Crippen LogP contribution < -0.4 is 0 Å². The number of nitrogens with zero attached hydrogens (tertiary/aromatic N) is 1. The van der Waals surface area contributed by atoms with E-state index in [1.54, 1.807) is 6.08 Å². The van der Waals surface area contributed by atoms with Gasteiger partial charge in [-0.3, -0.25) is 4.99 Å². The molecule has 0 saturated carbocycles. The first kappa shape index (κ1) is 6.15. The van der Waals surface area contributed by atoms with E-state index in [2.05, 4.69) is 18.3 Å². The van der Waals surface area contributed by atoms with Crippen molar-refractivity contribution >= 4 is 6.72 Å². The molecule has 0 aliphatic heterocycles. The first-order valence-corrected chi connectivity index (χ1v) is 2.09. The lowest BCUT2D eigenvalue weighted by atomic mass is 10.4. The van der Waals surface area contributed by atoms with Crippen molar-refractivity contribution in [3.63, 3.8) is 0 Å². The van der Waals surface area contributed by atoms with Crippen molar-refractivity contribution in [2.75, 3.05) is 0 Å². The highest BCUT2D eigenvalue weighted by molar-refractivity contribution is 5.31. The van der Waals surface area contributed by atoms with E-state index in [0.29, 0.717) is 5.70 Å². The van der Waals surface area contributed by atoms with Crippen molar-refractivity contribution in [1.82, 2.24) is 0 Å². The number of rotatable bonds is 2. The standard InChI is InChI=1S/C6H9N/c1-4-5-6(2)7-3/h4-5H,2-3H2,1H3. The van der Waals surface area contributed by atoms with Crippen molar-refractivity contribution in [3.8, 4) is 0 Å². The molecule has 7 heavy (non-hydrogen) atoms. The lowest BCUT2D eigenvalue weighted by molar-refractivity contribution is 1.45. The van der Waals surface area contributed by atoms with E-state index in [0.717, 1.165) is 0 Å². The summed E-state index contributed by atoms with van der Waals surface area (Å²) < 4.78 is 0. The molecule has 0 radical (unpaired) electrons. The van der Waals surface area contributed by atoms with Crippen molar-refractivity contribution in [1.29, 1.82) is 0 Å². The lowest BCUT2D eigenvalue weighted by Gasteiger charge is -1.79. The van der Waals surface area contributed by atoms with Gasteiger partial charge in [0, 0.05) is 0 Å². The molecule has 0 fully saturated rings. The van der Waals surface area contributed by atoms with E-state index >= 15 is 0 Å². The number of allylic oxidation sites excluding steroid dienone is 2. The quantitative estimate of drug-likeness (QED) is 0.366. The minimum atomic E-state index is 0.711. The molecule has 0 unspecified atom stereocenters. The second-order valence-electron chi connectivity index (χ2n) is 1.15. The maximum absolute atomic E-state index is 3.55. The van der Waals surface area contributed by atoms with Crippen LogP contribution in [-0.4, -0.2) is 6.72 Å². The van der Waals surface area contributed by atoms with E-state index in [1.165, 1.54) is 0 Å². The summed E-state index contributed by atoms with van der Waals surface area (Å²) in [5.74, 6) is 0. The van der Waals surface area contributed by atoms with Crippen molar-refractivity contribution in [2.24, 2.45) is 4.99 Å².